The van der Waals surface area contributed by atoms with E-state index in [0.717, 1.165) is 17.1 Å². The molecule has 0 aromatic heterocycles. The van der Waals surface area contributed by atoms with Gasteiger partial charge in [-0.2, -0.15) is 0 Å². The highest BCUT2D eigenvalue weighted by Crippen LogP contribution is 2.63. The van der Waals surface area contributed by atoms with E-state index < -0.39 is 5.41 Å². The first-order valence-corrected chi connectivity index (χ1v) is 21.6. The summed E-state index contributed by atoms with van der Waals surface area (Å²) in [5, 5.41) is 7.58. The van der Waals surface area contributed by atoms with Crippen molar-refractivity contribution in [1.29, 1.82) is 0 Å². The molecule has 0 N–H and O–H groups in total. The molecule has 0 atom stereocenters. The third-order valence-corrected chi connectivity index (χ3v) is 13.6. The van der Waals surface area contributed by atoms with Crippen molar-refractivity contribution in [2.45, 2.75) is 5.41 Å². The van der Waals surface area contributed by atoms with E-state index in [4.69, 9.17) is 0 Å². The topological polar surface area (TPSA) is 3.24 Å². The summed E-state index contributed by atoms with van der Waals surface area (Å²) >= 11 is 0. The monoisotopic (exact) mass is 785 g/mol. The van der Waals surface area contributed by atoms with Gasteiger partial charge >= 0.3 is 0 Å². The van der Waals surface area contributed by atoms with Gasteiger partial charge in [-0.3, -0.25) is 0 Å². The fourth-order valence-electron chi connectivity index (χ4n) is 11.0. The predicted octanol–water partition coefficient (Wildman–Crippen LogP) is 16.3. The van der Waals surface area contributed by atoms with Crippen LogP contribution in [0.1, 0.15) is 22.3 Å². The van der Waals surface area contributed by atoms with Crippen molar-refractivity contribution in [1.82, 2.24) is 0 Å². The van der Waals surface area contributed by atoms with Gasteiger partial charge in [-0.1, -0.05) is 194 Å². The van der Waals surface area contributed by atoms with E-state index in [0.29, 0.717) is 0 Å². The normalized spacial score (nSPS) is 13.0. The lowest BCUT2D eigenvalue weighted by atomic mass is 9.70. The SMILES string of the molecule is c1ccc(-c2cc(-c3ccccc3)cc(N(c3ccc4c(c3)C3(c5ccccc5-c5ccccc53)c3ccccc3-4)c3ccc4c5ccccc5c5ccccc5c4c3)c2)cc1. The summed E-state index contributed by atoms with van der Waals surface area (Å²) in [6.07, 6.45) is 0. The average molecular weight is 786 g/mol. The summed E-state index contributed by atoms with van der Waals surface area (Å²) in [4.78, 5) is 2.51. The number of nitrogens with zero attached hydrogens (tertiary/aromatic N) is 1. The maximum Gasteiger partial charge on any atom is 0.0726 e. The van der Waals surface area contributed by atoms with E-state index >= 15 is 0 Å². The molecule has 0 aliphatic heterocycles. The van der Waals surface area contributed by atoms with Gasteiger partial charge < -0.3 is 4.90 Å². The Balaban J connectivity index is 1.12. The lowest BCUT2D eigenvalue weighted by Crippen LogP contribution is -2.26. The summed E-state index contributed by atoms with van der Waals surface area (Å²) in [5.74, 6) is 0. The molecule has 1 heteroatoms. The molecule has 62 heavy (non-hydrogen) atoms. The molecule has 0 heterocycles. The van der Waals surface area contributed by atoms with Crippen molar-refractivity contribution in [3.05, 3.63) is 259 Å². The minimum atomic E-state index is -0.458. The molecule has 288 valence electrons. The first kappa shape index (κ1) is 34.8. The second-order valence-corrected chi connectivity index (χ2v) is 16.8. The number of rotatable bonds is 5. The molecule has 11 aromatic rings. The molecular weight excluding hydrogens is 747 g/mol. The van der Waals surface area contributed by atoms with Crippen LogP contribution in [-0.4, -0.2) is 0 Å². The molecule has 2 aliphatic rings. The molecule has 0 saturated carbocycles. The zero-order chi connectivity index (χ0) is 40.8. The van der Waals surface area contributed by atoms with Gasteiger partial charge in [0.25, 0.3) is 0 Å². The Morgan fingerprint density at radius 1 is 0.226 bits per heavy atom. The van der Waals surface area contributed by atoms with Gasteiger partial charge in [0, 0.05) is 17.1 Å². The smallest absolute Gasteiger partial charge is 0.0726 e. The standard InChI is InChI=1S/C61H39N/c1-3-17-40(18-4-1)42-35-43(41-19-5-2-6-20-41)37-46(36-42)62(44-31-33-51-49-23-8-7-21-47(49)48-22-9-10-24-50(48)56(51)38-44)45-32-34-55-54-27-13-16-30-59(54)61(60(55)39-45)57-28-14-11-25-52(57)53-26-12-15-29-58(53)61/h1-39H. The Morgan fingerprint density at radius 3 is 1.13 bits per heavy atom. The first-order chi connectivity index (χ1) is 30.8. The molecule has 1 nitrogen and oxygen atoms in total. The van der Waals surface area contributed by atoms with Crippen LogP contribution in [0.3, 0.4) is 0 Å². The number of benzene rings is 11. The predicted molar refractivity (Wildman–Crippen MR) is 261 cm³/mol. The lowest BCUT2D eigenvalue weighted by Gasteiger charge is -2.32. The Hall–Kier alpha value is -8.00. The molecule has 11 aromatic carbocycles. The van der Waals surface area contributed by atoms with Gasteiger partial charge in [0.2, 0.25) is 0 Å². The van der Waals surface area contributed by atoms with Gasteiger partial charge in [0.15, 0.2) is 0 Å². The highest BCUT2D eigenvalue weighted by Gasteiger charge is 2.51. The van der Waals surface area contributed by atoms with Crippen LogP contribution < -0.4 is 4.90 Å². The molecule has 0 bridgehead atoms. The molecule has 0 radical (unpaired) electrons. The van der Waals surface area contributed by atoms with Gasteiger partial charge in [-0.15, -0.1) is 0 Å². The van der Waals surface area contributed by atoms with Crippen LogP contribution in [0.15, 0.2) is 237 Å². The van der Waals surface area contributed by atoms with Crippen molar-refractivity contribution in [3.63, 3.8) is 0 Å². The van der Waals surface area contributed by atoms with Crippen molar-refractivity contribution in [2.24, 2.45) is 0 Å². The third kappa shape index (κ3) is 4.97. The summed E-state index contributed by atoms with van der Waals surface area (Å²) < 4.78 is 0. The third-order valence-electron chi connectivity index (χ3n) is 13.6. The van der Waals surface area contributed by atoms with Crippen LogP contribution in [0.25, 0.3) is 76.8 Å². The highest BCUT2D eigenvalue weighted by molar-refractivity contribution is 6.25. The summed E-state index contributed by atoms with van der Waals surface area (Å²) in [6, 6.07) is 88.0. The second kappa shape index (κ2) is 13.5. The maximum atomic E-state index is 2.51. The fourth-order valence-corrected chi connectivity index (χ4v) is 11.0. The molecular formula is C61H39N. The zero-order valence-electron chi connectivity index (χ0n) is 34.0. The number of hydrogen-bond acceptors (Lipinski definition) is 1. The molecule has 0 saturated heterocycles. The molecule has 0 amide bonds. The number of fused-ring (bicyclic) bond motifs is 16. The molecule has 13 rings (SSSR count). The van der Waals surface area contributed by atoms with Crippen molar-refractivity contribution >= 4 is 49.4 Å². The average Bonchev–Trinajstić information content (AvgIpc) is 3.82. The van der Waals surface area contributed by atoms with Crippen LogP contribution >= 0.6 is 0 Å². The maximum absolute atomic E-state index is 2.51. The molecule has 2 aliphatic carbocycles. The summed E-state index contributed by atoms with van der Waals surface area (Å²) in [6.45, 7) is 0. The van der Waals surface area contributed by atoms with Gasteiger partial charge in [-0.25, -0.2) is 0 Å². The van der Waals surface area contributed by atoms with Crippen molar-refractivity contribution in [2.75, 3.05) is 4.90 Å². The van der Waals surface area contributed by atoms with E-state index in [-0.39, 0.29) is 0 Å². The van der Waals surface area contributed by atoms with Crippen LogP contribution in [0.2, 0.25) is 0 Å². The first-order valence-electron chi connectivity index (χ1n) is 21.6. The van der Waals surface area contributed by atoms with Crippen LogP contribution in [0.4, 0.5) is 17.1 Å². The van der Waals surface area contributed by atoms with Gasteiger partial charge in [-0.05, 0) is 142 Å². The Labute approximate surface area is 361 Å². The van der Waals surface area contributed by atoms with Crippen molar-refractivity contribution in [3.8, 4) is 44.5 Å². The van der Waals surface area contributed by atoms with Gasteiger partial charge in [0.1, 0.15) is 0 Å². The summed E-state index contributed by atoms with van der Waals surface area (Å²) in [5.41, 5.74) is 18.1. The molecule has 0 fully saturated rings. The second-order valence-electron chi connectivity index (χ2n) is 16.8. The zero-order valence-corrected chi connectivity index (χ0v) is 34.0. The van der Waals surface area contributed by atoms with E-state index in [2.05, 4.69) is 241 Å². The largest absolute Gasteiger partial charge is 0.310 e. The Bertz CT molecular complexity index is 3430. The Kier molecular flexibility index (Phi) is 7.59. The van der Waals surface area contributed by atoms with Crippen LogP contribution in [0, 0.1) is 0 Å². The minimum Gasteiger partial charge on any atom is -0.310 e. The van der Waals surface area contributed by atoms with E-state index in [1.807, 2.05) is 0 Å². The van der Waals surface area contributed by atoms with Crippen molar-refractivity contribution < 1.29 is 0 Å². The molecule has 1 spiro atoms. The van der Waals surface area contributed by atoms with E-state index in [1.54, 1.807) is 0 Å². The number of hydrogen-bond donors (Lipinski definition) is 0. The van der Waals surface area contributed by atoms with E-state index in [1.165, 1.54) is 99.1 Å². The fraction of sp³-hybridized carbons (Fsp3) is 0.0164. The number of anilines is 3. The van der Waals surface area contributed by atoms with E-state index in [9.17, 15) is 0 Å². The minimum absolute atomic E-state index is 0.458. The molecule has 0 unspecified atom stereocenters. The Morgan fingerprint density at radius 2 is 0.613 bits per heavy atom. The highest BCUT2D eigenvalue weighted by atomic mass is 15.1. The summed E-state index contributed by atoms with van der Waals surface area (Å²) in [7, 11) is 0. The lowest BCUT2D eigenvalue weighted by molar-refractivity contribution is 0.793. The van der Waals surface area contributed by atoms with Gasteiger partial charge in [0.05, 0.1) is 5.41 Å². The van der Waals surface area contributed by atoms with Crippen LogP contribution in [-0.2, 0) is 5.41 Å². The van der Waals surface area contributed by atoms with Crippen LogP contribution in [0.5, 0.6) is 0 Å². The quantitative estimate of drug-likeness (QED) is 0.157.